The van der Waals surface area contributed by atoms with Gasteiger partial charge in [-0.15, -0.1) is 0 Å². The SMILES string of the molecule is N#Cc1ccc2c(c1)c1cccnc1n2-c1ccc([Si](c2ccccc2)(c2ccccc2)c2cccc(-n3c4ccccc4c4c5oc6ccccc6c5ccc43)c2)cc1. The number of hydrogen-bond donors (Lipinski definition) is 0. The summed E-state index contributed by atoms with van der Waals surface area (Å²) in [4.78, 5) is 4.85. The molecule has 0 unspecified atom stereocenters. The number of furan rings is 1. The van der Waals surface area contributed by atoms with Crippen molar-refractivity contribution in [2.24, 2.45) is 0 Å². The van der Waals surface area contributed by atoms with Gasteiger partial charge in [-0.25, -0.2) is 4.98 Å². The van der Waals surface area contributed by atoms with Crippen LogP contribution in [0, 0.1) is 11.3 Å². The topological polar surface area (TPSA) is 59.7 Å². The maximum atomic E-state index is 9.74. The Balaban J connectivity index is 1.10. The molecule has 0 aliphatic rings. The number of fused-ring (bicyclic) bond motifs is 10. The highest BCUT2D eigenvalue weighted by atomic mass is 28.3. The molecule has 5 nitrogen and oxygen atoms in total. The Morgan fingerprint density at radius 2 is 1.10 bits per heavy atom. The van der Waals surface area contributed by atoms with Crippen molar-refractivity contribution in [1.29, 1.82) is 5.26 Å². The van der Waals surface area contributed by atoms with Crippen LogP contribution >= 0.6 is 0 Å². The van der Waals surface area contributed by atoms with Gasteiger partial charge < -0.3 is 8.98 Å². The Morgan fingerprint density at radius 1 is 0.450 bits per heavy atom. The lowest BCUT2D eigenvalue weighted by atomic mass is 10.1. The molecule has 12 aromatic rings. The number of nitriles is 1. The average Bonchev–Trinajstić information content (AvgIpc) is 3.98. The molecule has 6 heteroatoms. The van der Waals surface area contributed by atoms with Crippen LogP contribution in [0.25, 0.3) is 77.1 Å². The molecular formula is C54H34N4OSi. The van der Waals surface area contributed by atoms with E-state index in [-0.39, 0.29) is 0 Å². The van der Waals surface area contributed by atoms with Crippen molar-refractivity contribution >= 4 is 94.5 Å². The predicted molar refractivity (Wildman–Crippen MR) is 249 cm³/mol. The summed E-state index contributed by atoms with van der Waals surface area (Å²) < 4.78 is 11.3. The lowest BCUT2D eigenvalue weighted by molar-refractivity contribution is 0.673. The van der Waals surface area contributed by atoms with Gasteiger partial charge in [0.2, 0.25) is 0 Å². The van der Waals surface area contributed by atoms with E-state index in [4.69, 9.17) is 9.40 Å². The van der Waals surface area contributed by atoms with Crippen LogP contribution in [0.1, 0.15) is 5.56 Å². The van der Waals surface area contributed by atoms with E-state index < -0.39 is 8.07 Å². The molecule has 0 saturated carbocycles. The summed E-state index contributed by atoms with van der Waals surface area (Å²) in [5.41, 5.74) is 8.69. The number of nitrogens with zero attached hydrogens (tertiary/aromatic N) is 4. The minimum atomic E-state index is -2.97. The molecular weight excluding hydrogens is 749 g/mol. The summed E-state index contributed by atoms with van der Waals surface area (Å²) >= 11 is 0. The third kappa shape index (κ3) is 4.87. The Kier molecular flexibility index (Phi) is 7.55. The first-order valence-electron chi connectivity index (χ1n) is 20.2. The molecule has 280 valence electrons. The minimum Gasteiger partial charge on any atom is -0.455 e. The molecule has 0 spiro atoms. The monoisotopic (exact) mass is 782 g/mol. The zero-order valence-electron chi connectivity index (χ0n) is 32.3. The van der Waals surface area contributed by atoms with E-state index in [9.17, 15) is 5.26 Å². The fourth-order valence-electron chi connectivity index (χ4n) is 9.81. The molecule has 4 heterocycles. The first-order valence-corrected chi connectivity index (χ1v) is 22.2. The Labute approximate surface area is 346 Å². The molecule has 0 aliphatic heterocycles. The summed E-state index contributed by atoms with van der Waals surface area (Å²) in [5.74, 6) is 0. The fraction of sp³-hybridized carbons (Fsp3) is 0. The lowest BCUT2D eigenvalue weighted by Crippen LogP contribution is -2.74. The number of para-hydroxylation sites is 2. The summed E-state index contributed by atoms with van der Waals surface area (Å²) in [5, 5.41) is 21.5. The standard InChI is InChI=1S/C54H34N4OSi/c55-35-36-24-30-49-47(33-36)45-21-12-32-56-54(45)58(49)37-25-27-41(28-26-37)60(39-14-3-1-4-15-39,40-16-5-2-6-17-40)42-18-11-13-38(34-42)57-48-22-9-7-20-46(48)52-50(57)31-29-44-43-19-8-10-23-51(43)59-53(44)52/h1-34H. The van der Waals surface area contributed by atoms with Crippen molar-refractivity contribution in [2.45, 2.75) is 0 Å². The molecule has 0 aliphatic carbocycles. The second-order valence-corrected chi connectivity index (χ2v) is 19.2. The highest BCUT2D eigenvalue weighted by Crippen LogP contribution is 2.40. The van der Waals surface area contributed by atoms with Crippen LogP contribution in [0.5, 0.6) is 0 Å². The van der Waals surface area contributed by atoms with E-state index in [0.29, 0.717) is 5.56 Å². The Bertz CT molecular complexity index is 3630. The first kappa shape index (κ1) is 34.1. The highest BCUT2D eigenvalue weighted by molar-refractivity contribution is 7.19. The molecule has 0 radical (unpaired) electrons. The number of hydrogen-bond acceptors (Lipinski definition) is 3. The van der Waals surface area contributed by atoms with E-state index >= 15 is 0 Å². The van der Waals surface area contributed by atoms with Gasteiger partial charge in [0.1, 0.15) is 16.8 Å². The van der Waals surface area contributed by atoms with Gasteiger partial charge in [-0.1, -0.05) is 121 Å². The van der Waals surface area contributed by atoms with Gasteiger partial charge in [0, 0.05) is 44.5 Å². The summed E-state index contributed by atoms with van der Waals surface area (Å²) in [6, 6.07) is 74.2. The average molecular weight is 783 g/mol. The Morgan fingerprint density at radius 3 is 1.88 bits per heavy atom. The molecule has 8 aromatic carbocycles. The number of benzene rings is 8. The lowest BCUT2D eigenvalue weighted by Gasteiger charge is -2.35. The van der Waals surface area contributed by atoms with Gasteiger partial charge >= 0.3 is 0 Å². The van der Waals surface area contributed by atoms with Gasteiger partial charge in [0.15, 0.2) is 8.07 Å². The van der Waals surface area contributed by atoms with Crippen LogP contribution in [0.3, 0.4) is 0 Å². The van der Waals surface area contributed by atoms with Gasteiger partial charge in [-0.3, -0.25) is 4.57 Å². The number of pyridine rings is 1. The van der Waals surface area contributed by atoms with E-state index in [1.807, 2.05) is 36.5 Å². The molecule has 0 fully saturated rings. The molecule has 0 atom stereocenters. The molecule has 0 saturated heterocycles. The van der Waals surface area contributed by atoms with Crippen molar-refractivity contribution < 1.29 is 4.42 Å². The predicted octanol–water partition coefficient (Wildman–Crippen LogP) is 10.4. The third-order valence-electron chi connectivity index (χ3n) is 12.3. The van der Waals surface area contributed by atoms with Crippen LogP contribution in [-0.4, -0.2) is 22.2 Å². The van der Waals surface area contributed by atoms with Crippen LogP contribution in [0.4, 0.5) is 0 Å². The van der Waals surface area contributed by atoms with Crippen LogP contribution in [0.2, 0.25) is 0 Å². The zero-order valence-corrected chi connectivity index (χ0v) is 33.3. The molecule has 60 heavy (non-hydrogen) atoms. The van der Waals surface area contributed by atoms with Crippen molar-refractivity contribution in [2.75, 3.05) is 0 Å². The highest BCUT2D eigenvalue weighted by Gasteiger charge is 2.41. The van der Waals surface area contributed by atoms with E-state index in [0.717, 1.165) is 77.1 Å². The van der Waals surface area contributed by atoms with E-state index in [1.165, 1.54) is 20.7 Å². The van der Waals surface area contributed by atoms with Gasteiger partial charge in [-0.05, 0) is 99.6 Å². The van der Waals surface area contributed by atoms with Gasteiger partial charge in [0.05, 0.1) is 33.6 Å². The maximum Gasteiger partial charge on any atom is 0.179 e. The van der Waals surface area contributed by atoms with E-state index in [1.54, 1.807) is 0 Å². The molecule has 4 aromatic heterocycles. The van der Waals surface area contributed by atoms with Crippen LogP contribution in [-0.2, 0) is 0 Å². The van der Waals surface area contributed by atoms with Gasteiger partial charge in [0.25, 0.3) is 0 Å². The summed E-state index contributed by atoms with van der Waals surface area (Å²) in [7, 11) is -2.97. The normalized spacial score (nSPS) is 12.0. The van der Waals surface area contributed by atoms with Crippen molar-refractivity contribution in [3.63, 3.8) is 0 Å². The van der Waals surface area contributed by atoms with Crippen molar-refractivity contribution in [1.82, 2.24) is 14.1 Å². The van der Waals surface area contributed by atoms with Crippen molar-refractivity contribution in [3.05, 3.63) is 212 Å². The third-order valence-corrected chi connectivity index (χ3v) is 17.1. The van der Waals surface area contributed by atoms with Crippen LogP contribution in [0.15, 0.2) is 211 Å². The molecule has 12 rings (SSSR count). The molecule has 0 N–H and O–H groups in total. The largest absolute Gasteiger partial charge is 0.455 e. The Hall–Kier alpha value is -7.98. The second kappa shape index (κ2) is 13.3. The summed E-state index contributed by atoms with van der Waals surface area (Å²) in [6.07, 6.45) is 1.84. The number of rotatable bonds is 6. The smallest absolute Gasteiger partial charge is 0.179 e. The minimum absolute atomic E-state index is 0.633. The van der Waals surface area contributed by atoms with E-state index in [2.05, 4.69) is 185 Å². The second-order valence-electron chi connectivity index (χ2n) is 15.4. The molecule has 0 bridgehead atoms. The zero-order chi connectivity index (χ0) is 39.8. The first-order chi connectivity index (χ1) is 29.7. The van der Waals surface area contributed by atoms with Crippen molar-refractivity contribution in [3.8, 4) is 17.4 Å². The van der Waals surface area contributed by atoms with Gasteiger partial charge in [-0.2, -0.15) is 5.26 Å². The maximum absolute atomic E-state index is 9.74. The van der Waals surface area contributed by atoms with Crippen LogP contribution < -0.4 is 20.7 Å². The number of aromatic nitrogens is 3. The molecule has 0 amide bonds. The fourth-order valence-corrected chi connectivity index (χ4v) is 14.6. The quantitative estimate of drug-likeness (QED) is 0.125. The summed E-state index contributed by atoms with van der Waals surface area (Å²) in [6.45, 7) is 0.